The van der Waals surface area contributed by atoms with E-state index in [9.17, 15) is 18.8 Å². The molecule has 2 aromatic rings. The van der Waals surface area contributed by atoms with Gasteiger partial charge in [0.05, 0.1) is 36.5 Å². The highest BCUT2D eigenvalue weighted by Crippen LogP contribution is 2.31. The third kappa shape index (κ3) is 4.73. The lowest BCUT2D eigenvalue weighted by Crippen LogP contribution is -2.16. The number of carbonyl (C=O) groups excluding carboxylic acids is 3. The predicted octanol–water partition coefficient (Wildman–Crippen LogP) is 4.02. The first kappa shape index (κ1) is 21.1. The molecule has 0 bridgehead atoms. The van der Waals surface area contributed by atoms with Gasteiger partial charge in [-0.05, 0) is 50.6 Å². The molecule has 0 spiro atoms. The second-order valence-electron chi connectivity index (χ2n) is 5.61. The summed E-state index contributed by atoms with van der Waals surface area (Å²) < 4.78 is 28.5. The van der Waals surface area contributed by atoms with Gasteiger partial charge in [-0.2, -0.15) is 0 Å². The average Bonchev–Trinajstić information content (AvgIpc) is 2.68. The number of esters is 3. The highest BCUT2D eigenvalue weighted by molar-refractivity contribution is 6.08. The van der Waals surface area contributed by atoms with Gasteiger partial charge in [0, 0.05) is 5.56 Å². The van der Waals surface area contributed by atoms with Crippen LogP contribution >= 0.6 is 0 Å². The molecule has 2 rings (SSSR count). The van der Waals surface area contributed by atoms with Crippen molar-refractivity contribution in [2.45, 2.75) is 20.8 Å². The van der Waals surface area contributed by atoms with E-state index >= 15 is 0 Å². The Kier molecular flexibility index (Phi) is 7.26. The number of rotatable bonds is 7. The molecule has 0 amide bonds. The summed E-state index contributed by atoms with van der Waals surface area (Å²) in [4.78, 5) is 37.4. The summed E-state index contributed by atoms with van der Waals surface area (Å²) in [7, 11) is 0. The van der Waals surface area contributed by atoms with Crippen LogP contribution in [-0.4, -0.2) is 37.7 Å². The lowest BCUT2D eigenvalue weighted by Gasteiger charge is -2.16. The molecule has 0 saturated heterocycles. The van der Waals surface area contributed by atoms with E-state index in [2.05, 4.69) is 0 Å². The molecule has 2 aromatic carbocycles. The van der Waals surface area contributed by atoms with E-state index in [4.69, 9.17) is 14.2 Å². The third-order valence-corrected chi connectivity index (χ3v) is 3.77. The number of benzene rings is 2. The molecule has 148 valence electrons. The summed E-state index contributed by atoms with van der Waals surface area (Å²) in [5, 5.41) is 0. The van der Waals surface area contributed by atoms with Crippen molar-refractivity contribution in [3.63, 3.8) is 0 Å². The fraction of sp³-hybridized carbons (Fsp3) is 0.286. The van der Waals surface area contributed by atoms with Crippen LogP contribution in [0.4, 0.5) is 4.39 Å². The number of ether oxygens (including phenoxy) is 3. The van der Waals surface area contributed by atoms with Crippen LogP contribution in [0.25, 0.3) is 11.1 Å². The van der Waals surface area contributed by atoms with Crippen molar-refractivity contribution in [2.75, 3.05) is 19.8 Å². The second-order valence-corrected chi connectivity index (χ2v) is 5.61. The van der Waals surface area contributed by atoms with Gasteiger partial charge in [-0.15, -0.1) is 0 Å². The van der Waals surface area contributed by atoms with Gasteiger partial charge in [0.1, 0.15) is 5.82 Å². The summed E-state index contributed by atoms with van der Waals surface area (Å²) in [5.74, 6) is -2.61. The van der Waals surface area contributed by atoms with E-state index in [0.717, 1.165) is 0 Å². The molecule has 28 heavy (non-hydrogen) atoms. The lowest BCUT2D eigenvalue weighted by atomic mass is 9.92. The van der Waals surface area contributed by atoms with Crippen molar-refractivity contribution in [2.24, 2.45) is 0 Å². The Morgan fingerprint density at radius 1 is 0.750 bits per heavy atom. The van der Waals surface area contributed by atoms with Gasteiger partial charge in [0.2, 0.25) is 0 Å². The van der Waals surface area contributed by atoms with Crippen molar-refractivity contribution in [3.05, 3.63) is 58.9 Å². The summed E-state index contributed by atoms with van der Waals surface area (Å²) in [6.07, 6.45) is 0. The van der Waals surface area contributed by atoms with Crippen LogP contribution in [-0.2, 0) is 14.2 Å². The topological polar surface area (TPSA) is 78.9 Å². The lowest BCUT2D eigenvalue weighted by molar-refractivity contribution is 0.0525. The Bertz CT molecular complexity index is 834. The van der Waals surface area contributed by atoms with Crippen LogP contribution in [0.2, 0.25) is 0 Å². The highest BCUT2D eigenvalue weighted by Gasteiger charge is 2.26. The molecular weight excluding hydrogens is 367 g/mol. The summed E-state index contributed by atoms with van der Waals surface area (Å²) in [5.41, 5.74) is 0.593. The standard InChI is InChI=1S/C21H21FO6/c1-4-26-19(23)14-11-16(20(24)27-5-2)18(13-7-9-15(22)10-8-13)17(12-14)21(25)28-6-3/h7-12H,4-6H2,1-3H3. The molecule has 0 atom stereocenters. The molecule has 0 aliphatic heterocycles. The number of hydrogen-bond donors (Lipinski definition) is 0. The van der Waals surface area contributed by atoms with E-state index in [0.29, 0.717) is 5.56 Å². The number of hydrogen-bond acceptors (Lipinski definition) is 6. The first-order valence-corrected chi connectivity index (χ1v) is 8.88. The monoisotopic (exact) mass is 388 g/mol. The average molecular weight is 388 g/mol. The fourth-order valence-electron chi connectivity index (χ4n) is 2.64. The van der Waals surface area contributed by atoms with Crippen LogP contribution in [0.15, 0.2) is 36.4 Å². The summed E-state index contributed by atoms with van der Waals surface area (Å²) in [6.45, 7) is 5.24. The Morgan fingerprint density at radius 3 is 1.61 bits per heavy atom. The molecule has 7 heteroatoms. The van der Waals surface area contributed by atoms with E-state index in [1.165, 1.54) is 36.4 Å². The number of carbonyl (C=O) groups is 3. The molecule has 0 unspecified atom stereocenters. The van der Waals surface area contributed by atoms with Crippen LogP contribution in [0.5, 0.6) is 0 Å². The second kappa shape index (κ2) is 9.64. The quantitative estimate of drug-likeness (QED) is 0.526. The Morgan fingerprint density at radius 2 is 1.18 bits per heavy atom. The molecule has 0 saturated carbocycles. The molecule has 6 nitrogen and oxygen atoms in total. The third-order valence-electron chi connectivity index (χ3n) is 3.77. The zero-order valence-electron chi connectivity index (χ0n) is 15.9. The van der Waals surface area contributed by atoms with Crippen LogP contribution in [0, 0.1) is 5.82 Å². The first-order chi connectivity index (χ1) is 13.4. The Hall–Kier alpha value is -3.22. The predicted molar refractivity (Wildman–Crippen MR) is 99.7 cm³/mol. The van der Waals surface area contributed by atoms with Crippen LogP contribution < -0.4 is 0 Å². The molecule has 0 aliphatic rings. The zero-order valence-corrected chi connectivity index (χ0v) is 15.9. The van der Waals surface area contributed by atoms with Gasteiger partial charge in [0.15, 0.2) is 0 Å². The molecule has 0 heterocycles. The van der Waals surface area contributed by atoms with E-state index in [-0.39, 0.29) is 42.1 Å². The maximum absolute atomic E-state index is 13.4. The maximum atomic E-state index is 13.4. The smallest absolute Gasteiger partial charge is 0.338 e. The van der Waals surface area contributed by atoms with E-state index < -0.39 is 23.7 Å². The molecule has 0 aliphatic carbocycles. The van der Waals surface area contributed by atoms with Gasteiger partial charge in [-0.3, -0.25) is 0 Å². The van der Waals surface area contributed by atoms with Crippen molar-refractivity contribution >= 4 is 17.9 Å². The van der Waals surface area contributed by atoms with Gasteiger partial charge >= 0.3 is 17.9 Å². The highest BCUT2D eigenvalue weighted by atomic mass is 19.1. The molecule has 0 fully saturated rings. The van der Waals surface area contributed by atoms with Crippen LogP contribution in [0.1, 0.15) is 51.8 Å². The van der Waals surface area contributed by atoms with Gasteiger partial charge in [-0.25, -0.2) is 18.8 Å². The Labute approximate surface area is 162 Å². The first-order valence-electron chi connectivity index (χ1n) is 8.88. The van der Waals surface area contributed by atoms with Gasteiger partial charge < -0.3 is 14.2 Å². The van der Waals surface area contributed by atoms with Crippen molar-refractivity contribution in [1.82, 2.24) is 0 Å². The normalized spacial score (nSPS) is 10.3. The Balaban J connectivity index is 2.79. The van der Waals surface area contributed by atoms with E-state index in [1.54, 1.807) is 20.8 Å². The van der Waals surface area contributed by atoms with Crippen molar-refractivity contribution in [3.8, 4) is 11.1 Å². The minimum atomic E-state index is -0.724. The zero-order chi connectivity index (χ0) is 20.7. The molecular formula is C21H21FO6. The fourth-order valence-corrected chi connectivity index (χ4v) is 2.64. The molecule has 0 aromatic heterocycles. The van der Waals surface area contributed by atoms with Gasteiger partial charge in [0.25, 0.3) is 0 Å². The summed E-state index contributed by atoms with van der Waals surface area (Å²) in [6, 6.07) is 7.88. The van der Waals surface area contributed by atoms with Crippen LogP contribution in [0.3, 0.4) is 0 Å². The largest absolute Gasteiger partial charge is 0.462 e. The minimum Gasteiger partial charge on any atom is -0.462 e. The summed E-state index contributed by atoms with van der Waals surface area (Å²) >= 11 is 0. The van der Waals surface area contributed by atoms with E-state index in [1.807, 2.05) is 0 Å². The van der Waals surface area contributed by atoms with Gasteiger partial charge in [-0.1, -0.05) is 12.1 Å². The number of halogens is 1. The minimum absolute atomic E-state index is 0.0120. The molecule has 0 N–H and O–H groups in total. The SMILES string of the molecule is CCOC(=O)c1cc(C(=O)OCC)c(-c2ccc(F)cc2)c(C(=O)OCC)c1. The maximum Gasteiger partial charge on any atom is 0.338 e. The van der Waals surface area contributed by atoms with Crippen molar-refractivity contribution in [1.29, 1.82) is 0 Å². The van der Waals surface area contributed by atoms with Crippen molar-refractivity contribution < 1.29 is 33.0 Å². The molecule has 0 radical (unpaired) electrons.